The van der Waals surface area contributed by atoms with E-state index in [1.807, 2.05) is 17.6 Å². The highest BCUT2D eigenvalue weighted by Gasteiger charge is 2.22. The van der Waals surface area contributed by atoms with Gasteiger partial charge in [0.2, 0.25) is 0 Å². The van der Waals surface area contributed by atoms with Crippen LogP contribution < -0.4 is 0 Å². The van der Waals surface area contributed by atoms with Gasteiger partial charge in [0.25, 0.3) is 0 Å². The van der Waals surface area contributed by atoms with Crippen molar-refractivity contribution in [1.29, 1.82) is 5.26 Å². The second-order valence-corrected chi connectivity index (χ2v) is 5.64. The van der Waals surface area contributed by atoms with Crippen LogP contribution in [-0.4, -0.2) is 15.3 Å². The molecule has 0 saturated carbocycles. The molecule has 5 heteroatoms. The quantitative estimate of drug-likeness (QED) is 0.689. The third-order valence-corrected chi connectivity index (χ3v) is 4.14. The van der Waals surface area contributed by atoms with Crippen molar-refractivity contribution in [1.82, 2.24) is 9.55 Å². The van der Waals surface area contributed by atoms with E-state index in [9.17, 15) is 9.65 Å². The Labute approximate surface area is 138 Å². The molecule has 0 N–H and O–H groups in total. The van der Waals surface area contributed by atoms with Gasteiger partial charge in [0.1, 0.15) is 11.6 Å². The zero-order valence-corrected chi connectivity index (χ0v) is 13.0. The van der Waals surface area contributed by atoms with Crippen LogP contribution in [0.2, 0.25) is 0 Å². The highest BCUT2D eigenvalue weighted by Crippen LogP contribution is 2.27. The first-order valence-corrected chi connectivity index (χ1v) is 7.56. The molecule has 1 aliphatic heterocycles. The summed E-state index contributed by atoms with van der Waals surface area (Å²) in [6.07, 6.45) is 1.79. The lowest BCUT2D eigenvalue weighted by Gasteiger charge is -2.14. The zero-order chi connectivity index (χ0) is 16.7. The Morgan fingerprint density at radius 2 is 2.00 bits per heavy atom. The third-order valence-electron chi connectivity index (χ3n) is 4.14. The van der Waals surface area contributed by atoms with Crippen molar-refractivity contribution in [3.63, 3.8) is 0 Å². The molecule has 0 radical (unpaired) electrons. The summed E-state index contributed by atoms with van der Waals surface area (Å²) in [5.74, 6) is 0.464. The van der Waals surface area contributed by atoms with E-state index in [4.69, 9.17) is 0 Å². The molecule has 1 aliphatic rings. The van der Waals surface area contributed by atoms with Gasteiger partial charge in [-0.1, -0.05) is 12.1 Å². The number of halogens is 1. The lowest BCUT2D eigenvalue weighted by molar-refractivity contribution is 0.625. The van der Waals surface area contributed by atoms with Gasteiger partial charge >= 0.3 is 0 Å². The molecule has 0 bridgehead atoms. The lowest BCUT2D eigenvalue weighted by Crippen LogP contribution is -2.10. The fourth-order valence-electron chi connectivity index (χ4n) is 3.04. The molecule has 2 heterocycles. The molecular formula is C19H13FN4. The number of aromatic nitrogens is 2. The normalized spacial score (nSPS) is 12.6. The smallest absolute Gasteiger partial charge is 0.135 e. The Balaban J connectivity index is 2.04. The molecule has 0 spiro atoms. The van der Waals surface area contributed by atoms with Crippen LogP contribution in [0.5, 0.6) is 0 Å². The van der Waals surface area contributed by atoms with E-state index in [2.05, 4.69) is 16.0 Å². The first-order chi connectivity index (χ1) is 11.7. The monoisotopic (exact) mass is 316 g/mol. The molecule has 0 fully saturated rings. The van der Waals surface area contributed by atoms with Crippen LogP contribution >= 0.6 is 0 Å². The Kier molecular flexibility index (Phi) is 3.24. The van der Waals surface area contributed by atoms with E-state index in [-0.39, 0.29) is 5.82 Å². The van der Waals surface area contributed by atoms with Gasteiger partial charge in [-0.3, -0.25) is 9.56 Å². The standard InChI is InChI=1S/C19H13FN4/c1-12-10-22-18-11-23-19(14-4-2-3-5-16(14)20)15-8-13(9-21)6-7-17(15)24(12)18/h2-8,10H,11H2,1H3. The SMILES string of the molecule is Cc1cnc2n1-c1ccc(C#N)cc1C(c1ccccc1F)=NC2. The number of hydrogen-bond acceptors (Lipinski definition) is 3. The molecule has 0 aliphatic carbocycles. The van der Waals surface area contributed by atoms with E-state index < -0.39 is 0 Å². The summed E-state index contributed by atoms with van der Waals surface area (Å²) in [5.41, 5.74) is 4.06. The number of imidazole rings is 1. The predicted octanol–water partition coefficient (Wildman–Crippen LogP) is 3.54. The number of aryl methyl sites for hydroxylation is 1. The van der Waals surface area contributed by atoms with E-state index in [0.717, 1.165) is 22.8 Å². The maximum absolute atomic E-state index is 14.3. The Bertz CT molecular complexity index is 1020. The summed E-state index contributed by atoms with van der Waals surface area (Å²) in [7, 11) is 0. The topological polar surface area (TPSA) is 54.0 Å². The summed E-state index contributed by atoms with van der Waals surface area (Å²) < 4.78 is 16.4. The maximum Gasteiger partial charge on any atom is 0.135 e. The van der Waals surface area contributed by atoms with Gasteiger partial charge < -0.3 is 0 Å². The number of benzene rings is 2. The third kappa shape index (κ3) is 2.12. The number of fused-ring (bicyclic) bond motifs is 3. The van der Waals surface area contributed by atoms with Crippen molar-refractivity contribution in [3.05, 3.63) is 82.7 Å². The van der Waals surface area contributed by atoms with Crippen molar-refractivity contribution >= 4 is 5.71 Å². The average Bonchev–Trinajstić information content (AvgIpc) is 2.88. The lowest BCUT2D eigenvalue weighted by atomic mass is 9.98. The van der Waals surface area contributed by atoms with Crippen LogP contribution in [0.1, 0.15) is 28.2 Å². The first-order valence-electron chi connectivity index (χ1n) is 7.56. The fraction of sp³-hybridized carbons (Fsp3) is 0.105. The number of aliphatic imine (C=N–C) groups is 1. The summed E-state index contributed by atoms with van der Waals surface area (Å²) in [4.78, 5) is 9.02. The van der Waals surface area contributed by atoms with E-state index in [1.54, 1.807) is 36.5 Å². The second-order valence-electron chi connectivity index (χ2n) is 5.64. The summed E-state index contributed by atoms with van der Waals surface area (Å²) in [6.45, 7) is 2.32. The van der Waals surface area contributed by atoms with Gasteiger partial charge in [-0.15, -0.1) is 0 Å². The zero-order valence-electron chi connectivity index (χ0n) is 13.0. The van der Waals surface area contributed by atoms with Gasteiger partial charge in [0.15, 0.2) is 0 Å². The Morgan fingerprint density at radius 1 is 1.17 bits per heavy atom. The highest BCUT2D eigenvalue weighted by molar-refractivity contribution is 6.15. The van der Waals surface area contributed by atoms with Crippen LogP contribution in [0.4, 0.5) is 4.39 Å². The minimum Gasteiger partial charge on any atom is -0.299 e. The fourth-order valence-corrected chi connectivity index (χ4v) is 3.04. The molecule has 116 valence electrons. The molecular weight excluding hydrogens is 303 g/mol. The molecule has 4 rings (SSSR count). The van der Waals surface area contributed by atoms with Crippen LogP contribution in [-0.2, 0) is 6.54 Å². The minimum absolute atomic E-state index is 0.333. The van der Waals surface area contributed by atoms with Crippen LogP contribution in [0.25, 0.3) is 5.69 Å². The average molecular weight is 316 g/mol. The summed E-state index contributed by atoms with van der Waals surface area (Å²) in [6, 6.07) is 14.1. The van der Waals surface area contributed by atoms with Gasteiger partial charge in [0.05, 0.1) is 29.6 Å². The van der Waals surface area contributed by atoms with Crippen LogP contribution in [0.3, 0.4) is 0 Å². The van der Waals surface area contributed by atoms with Gasteiger partial charge in [-0.2, -0.15) is 5.26 Å². The van der Waals surface area contributed by atoms with E-state index in [0.29, 0.717) is 23.4 Å². The van der Waals surface area contributed by atoms with E-state index >= 15 is 0 Å². The molecule has 0 amide bonds. The number of hydrogen-bond donors (Lipinski definition) is 0. The highest BCUT2D eigenvalue weighted by atomic mass is 19.1. The molecule has 0 unspecified atom stereocenters. The second kappa shape index (κ2) is 5.43. The molecule has 0 saturated heterocycles. The van der Waals surface area contributed by atoms with Gasteiger partial charge in [0, 0.05) is 23.0 Å². The maximum atomic E-state index is 14.3. The summed E-state index contributed by atoms with van der Waals surface area (Å²) in [5, 5.41) is 9.25. The number of nitrogens with zero attached hydrogens (tertiary/aromatic N) is 4. The van der Waals surface area contributed by atoms with Crippen molar-refractivity contribution in [2.75, 3.05) is 0 Å². The van der Waals surface area contributed by atoms with Gasteiger partial charge in [-0.05, 0) is 37.3 Å². The Hall–Kier alpha value is -3.26. The molecule has 3 aromatic rings. The first kappa shape index (κ1) is 14.3. The summed E-state index contributed by atoms with van der Waals surface area (Å²) >= 11 is 0. The van der Waals surface area contributed by atoms with Crippen LogP contribution in [0, 0.1) is 24.1 Å². The van der Waals surface area contributed by atoms with Crippen molar-refractivity contribution in [2.45, 2.75) is 13.5 Å². The van der Waals surface area contributed by atoms with Crippen molar-refractivity contribution in [2.24, 2.45) is 4.99 Å². The van der Waals surface area contributed by atoms with E-state index in [1.165, 1.54) is 6.07 Å². The molecule has 2 aromatic carbocycles. The minimum atomic E-state index is -0.333. The molecule has 0 atom stereocenters. The Morgan fingerprint density at radius 3 is 2.79 bits per heavy atom. The predicted molar refractivity (Wildman–Crippen MR) is 88.8 cm³/mol. The number of nitriles is 1. The van der Waals surface area contributed by atoms with Gasteiger partial charge in [-0.25, -0.2) is 9.37 Å². The molecule has 4 nitrogen and oxygen atoms in total. The van der Waals surface area contributed by atoms with Crippen molar-refractivity contribution in [3.8, 4) is 11.8 Å². The van der Waals surface area contributed by atoms with Crippen LogP contribution in [0.15, 0.2) is 53.7 Å². The number of rotatable bonds is 1. The largest absolute Gasteiger partial charge is 0.299 e. The molecule has 24 heavy (non-hydrogen) atoms. The van der Waals surface area contributed by atoms with Crippen molar-refractivity contribution < 1.29 is 4.39 Å². The molecule has 1 aromatic heterocycles.